The van der Waals surface area contributed by atoms with Gasteiger partial charge in [0.25, 0.3) is 0 Å². The van der Waals surface area contributed by atoms with Gasteiger partial charge in [0.15, 0.2) is 0 Å². The van der Waals surface area contributed by atoms with Crippen LogP contribution in [0.1, 0.15) is 11.4 Å². The van der Waals surface area contributed by atoms with Crippen LogP contribution in [0.2, 0.25) is 0 Å². The molecule has 3 heteroatoms. The third-order valence-electron chi connectivity index (χ3n) is 3.35. The SMILES string of the molecule is Cc1nc(-c2cccc(N)c2)cn1Cc1ccccc1. The molecule has 0 radical (unpaired) electrons. The lowest BCUT2D eigenvalue weighted by Crippen LogP contribution is -2.00. The predicted octanol–water partition coefficient (Wildman–Crippen LogP) is 3.49. The van der Waals surface area contributed by atoms with Crippen molar-refractivity contribution in [2.45, 2.75) is 13.5 Å². The second-order valence-electron chi connectivity index (χ2n) is 4.91. The zero-order valence-electron chi connectivity index (χ0n) is 11.5. The lowest BCUT2D eigenvalue weighted by molar-refractivity contribution is 0.762. The number of aryl methyl sites for hydroxylation is 1. The van der Waals surface area contributed by atoms with Crippen LogP contribution in [0.3, 0.4) is 0 Å². The number of nitrogen functional groups attached to an aromatic ring is 1. The van der Waals surface area contributed by atoms with E-state index in [9.17, 15) is 0 Å². The molecule has 3 aromatic rings. The van der Waals surface area contributed by atoms with Gasteiger partial charge in [-0.15, -0.1) is 0 Å². The molecule has 1 aromatic heterocycles. The Kier molecular flexibility index (Phi) is 3.25. The molecule has 3 nitrogen and oxygen atoms in total. The zero-order valence-corrected chi connectivity index (χ0v) is 11.5. The summed E-state index contributed by atoms with van der Waals surface area (Å²) < 4.78 is 2.16. The Balaban J connectivity index is 1.91. The molecule has 2 aromatic carbocycles. The first-order chi connectivity index (χ1) is 9.72. The van der Waals surface area contributed by atoms with E-state index in [1.54, 1.807) is 0 Å². The number of hydrogen-bond acceptors (Lipinski definition) is 2. The van der Waals surface area contributed by atoms with Gasteiger partial charge in [-0.25, -0.2) is 4.98 Å². The van der Waals surface area contributed by atoms with E-state index in [1.165, 1.54) is 5.56 Å². The average Bonchev–Trinajstić information content (AvgIpc) is 2.81. The number of benzene rings is 2. The molecule has 0 spiro atoms. The van der Waals surface area contributed by atoms with E-state index in [2.05, 4.69) is 40.0 Å². The van der Waals surface area contributed by atoms with Gasteiger partial charge < -0.3 is 10.3 Å². The second-order valence-corrected chi connectivity index (χ2v) is 4.91. The summed E-state index contributed by atoms with van der Waals surface area (Å²) in [6, 6.07) is 18.2. The highest BCUT2D eigenvalue weighted by molar-refractivity contribution is 5.63. The highest BCUT2D eigenvalue weighted by Crippen LogP contribution is 2.21. The number of aromatic nitrogens is 2. The fourth-order valence-electron chi connectivity index (χ4n) is 2.29. The topological polar surface area (TPSA) is 43.8 Å². The van der Waals surface area contributed by atoms with Crippen molar-refractivity contribution < 1.29 is 0 Å². The summed E-state index contributed by atoms with van der Waals surface area (Å²) >= 11 is 0. The molecule has 0 atom stereocenters. The molecule has 0 unspecified atom stereocenters. The number of nitrogens with two attached hydrogens (primary N) is 1. The van der Waals surface area contributed by atoms with Crippen molar-refractivity contribution in [1.29, 1.82) is 0 Å². The Bertz CT molecular complexity index is 714. The van der Waals surface area contributed by atoms with Crippen LogP contribution in [0.5, 0.6) is 0 Å². The van der Waals surface area contributed by atoms with Crippen molar-refractivity contribution in [1.82, 2.24) is 9.55 Å². The van der Waals surface area contributed by atoms with Crippen LogP contribution in [0.4, 0.5) is 5.69 Å². The molecule has 0 aliphatic carbocycles. The van der Waals surface area contributed by atoms with Crippen molar-refractivity contribution in [3.63, 3.8) is 0 Å². The van der Waals surface area contributed by atoms with Gasteiger partial charge in [-0.2, -0.15) is 0 Å². The van der Waals surface area contributed by atoms with Gasteiger partial charge in [0.05, 0.1) is 5.69 Å². The number of imidazole rings is 1. The molecule has 0 amide bonds. The summed E-state index contributed by atoms with van der Waals surface area (Å²) in [5, 5.41) is 0. The van der Waals surface area contributed by atoms with Gasteiger partial charge in [-0.1, -0.05) is 42.5 Å². The van der Waals surface area contributed by atoms with E-state index in [0.29, 0.717) is 0 Å². The summed E-state index contributed by atoms with van der Waals surface area (Å²) in [4.78, 5) is 4.63. The molecule has 0 fully saturated rings. The molecular formula is C17H17N3. The average molecular weight is 263 g/mol. The molecule has 1 heterocycles. The molecule has 0 bridgehead atoms. The van der Waals surface area contributed by atoms with Crippen molar-refractivity contribution in [3.8, 4) is 11.3 Å². The van der Waals surface area contributed by atoms with Crippen molar-refractivity contribution in [2.24, 2.45) is 0 Å². The quantitative estimate of drug-likeness (QED) is 0.735. The fraction of sp³-hybridized carbons (Fsp3) is 0.118. The van der Waals surface area contributed by atoms with Crippen LogP contribution in [0.25, 0.3) is 11.3 Å². The molecule has 0 saturated heterocycles. The molecule has 0 saturated carbocycles. The minimum absolute atomic E-state index is 0.762. The second kappa shape index (κ2) is 5.21. The summed E-state index contributed by atoms with van der Waals surface area (Å²) in [5.41, 5.74) is 9.88. The molecule has 20 heavy (non-hydrogen) atoms. The Hall–Kier alpha value is -2.55. The Morgan fingerprint density at radius 2 is 1.85 bits per heavy atom. The van der Waals surface area contributed by atoms with Crippen LogP contribution < -0.4 is 5.73 Å². The normalized spacial score (nSPS) is 10.7. The summed E-state index contributed by atoms with van der Waals surface area (Å²) in [6.07, 6.45) is 2.08. The van der Waals surface area contributed by atoms with Crippen LogP contribution in [-0.4, -0.2) is 9.55 Å². The smallest absolute Gasteiger partial charge is 0.106 e. The van der Waals surface area contributed by atoms with Crippen LogP contribution in [-0.2, 0) is 6.54 Å². The Morgan fingerprint density at radius 3 is 2.60 bits per heavy atom. The van der Waals surface area contributed by atoms with Gasteiger partial charge in [-0.05, 0) is 24.6 Å². The number of anilines is 1. The minimum atomic E-state index is 0.762. The van der Waals surface area contributed by atoms with E-state index in [0.717, 1.165) is 29.3 Å². The molecule has 2 N–H and O–H groups in total. The minimum Gasteiger partial charge on any atom is -0.399 e. The molecule has 0 aliphatic rings. The molecule has 0 aliphatic heterocycles. The lowest BCUT2D eigenvalue weighted by Gasteiger charge is -2.04. The lowest BCUT2D eigenvalue weighted by atomic mass is 10.1. The van der Waals surface area contributed by atoms with Crippen molar-refractivity contribution in [3.05, 3.63) is 72.2 Å². The molecule has 3 rings (SSSR count). The van der Waals surface area contributed by atoms with Crippen LogP contribution in [0, 0.1) is 6.92 Å². The third-order valence-corrected chi connectivity index (χ3v) is 3.35. The highest BCUT2D eigenvalue weighted by atomic mass is 15.1. The first kappa shape index (κ1) is 12.5. The Morgan fingerprint density at radius 1 is 1.05 bits per heavy atom. The zero-order chi connectivity index (χ0) is 13.9. The maximum absolute atomic E-state index is 5.83. The number of hydrogen-bond donors (Lipinski definition) is 1. The number of nitrogens with zero attached hydrogens (tertiary/aromatic N) is 2. The summed E-state index contributed by atoms with van der Waals surface area (Å²) in [5.74, 6) is 1.01. The largest absolute Gasteiger partial charge is 0.399 e. The van der Waals surface area contributed by atoms with E-state index >= 15 is 0 Å². The molecule has 100 valence electrons. The Labute approximate surface area is 118 Å². The maximum atomic E-state index is 5.83. The summed E-state index contributed by atoms with van der Waals surface area (Å²) in [6.45, 7) is 2.86. The van der Waals surface area contributed by atoms with Gasteiger partial charge in [-0.3, -0.25) is 0 Å². The first-order valence-corrected chi connectivity index (χ1v) is 6.66. The van der Waals surface area contributed by atoms with Crippen molar-refractivity contribution in [2.75, 3.05) is 5.73 Å². The van der Waals surface area contributed by atoms with Gasteiger partial charge in [0, 0.05) is 24.0 Å². The van der Waals surface area contributed by atoms with E-state index in [1.807, 2.05) is 37.3 Å². The van der Waals surface area contributed by atoms with Crippen molar-refractivity contribution >= 4 is 5.69 Å². The monoisotopic (exact) mass is 263 g/mol. The van der Waals surface area contributed by atoms with E-state index < -0.39 is 0 Å². The maximum Gasteiger partial charge on any atom is 0.106 e. The summed E-state index contributed by atoms with van der Waals surface area (Å²) in [7, 11) is 0. The first-order valence-electron chi connectivity index (χ1n) is 6.66. The van der Waals surface area contributed by atoms with E-state index in [-0.39, 0.29) is 0 Å². The third kappa shape index (κ3) is 2.57. The van der Waals surface area contributed by atoms with Gasteiger partial charge in [0.1, 0.15) is 5.82 Å². The fourth-order valence-corrected chi connectivity index (χ4v) is 2.29. The standard InChI is InChI=1S/C17H17N3/c1-13-19-17(15-8-5-9-16(18)10-15)12-20(13)11-14-6-3-2-4-7-14/h2-10,12H,11,18H2,1H3. The number of rotatable bonds is 3. The predicted molar refractivity (Wildman–Crippen MR) is 82.4 cm³/mol. The molecular weight excluding hydrogens is 246 g/mol. The van der Waals surface area contributed by atoms with Gasteiger partial charge >= 0.3 is 0 Å². The van der Waals surface area contributed by atoms with Gasteiger partial charge in [0.2, 0.25) is 0 Å². The van der Waals surface area contributed by atoms with Crippen LogP contribution in [0.15, 0.2) is 60.8 Å². The highest BCUT2D eigenvalue weighted by Gasteiger charge is 2.07. The van der Waals surface area contributed by atoms with Crippen LogP contribution >= 0.6 is 0 Å². The van der Waals surface area contributed by atoms with E-state index in [4.69, 9.17) is 5.73 Å².